The van der Waals surface area contributed by atoms with Gasteiger partial charge in [-0.15, -0.1) is 0 Å². The van der Waals surface area contributed by atoms with Crippen LogP contribution in [0.5, 0.6) is 0 Å². The van der Waals surface area contributed by atoms with E-state index in [-0.39, 0.29) is 24.1 Å². The largest absolute Gasteiger partial charge is 1.00 e. The van der Waals surface area contributed by atoms with Crippen molar-refractivity contribution in [2.75, 3.05) is 25.0 Å². The Bertz CT molecular complexity index is 589. The van der Waals surface area contributed by atoms with Gasteiger partial charge in [0.05, 0.1) is 26.1 Å². The van der Waals surface area contributed by atoms with Gasteiger partial charge < -0.3 is 22.6 Å². The van der Waals surface area contributed by atoms with Crippen molar-refractivity contribution < 1.29 is 26.9 Å². The van der Waals surface area contributed by atoms with Gasteiger partial charge in [-0.05, 0) is 45.2 Å². The number of halogens is 1. The summed E-state index contributed by atoms with van der Waals surface area (Å²) in [6.45, 7) is 7.04. The first kappa shape index (κ1) is 20.4. The van der Waals surface area contributed by atoms with E-state index in [0.29, 0.717) is 17.7 Å². The van der Waals surface area contributed by atoms with Gasteiger partial charge in [0, 0.05) is 17.3 Å². The Hall–Kier alpha value is -1.65. The van der Waals surface area contributed by atoms with E-state index < -0.39 is 0 Å². The highest BCUT2D eigenvalue weighted by Crippen LogP contribution is 2.12. The fourth-order valence-corrected chi connectivity index (χ4v) is 2.95. The van der Waals surface area contributed by atoms with Gasteiger partial charge in [-0.1, -0.05) is 17.7 Å². The average Bonchev–Trinajstić information content (AvgIpc) is 2.53. The van der Waals surface area contributed by atoms with Crippen molar-refractivity contribution in [1.82, 2.24) is 0 Å². The minimum absolute atomic E-state index is 0. The molecule has 1 fully saturated rings. The Balaban J connectivity index is 0.00000288. The van der Waals surface area contributed by atoms with Gasteiger partial charge in [0.15, 0.2) is 5.78 Å². The number of Topliss-reactive ketones (excluding diaryl/α,β-unsaturated/α-hetero) is 1. The molecule has 1 aliphatic heterocycles. The van der Waals surface area contributed by atoms with Gasteiger partial charge in [-0.2, -0.15) is 0 Å². The molecule has 24 heavy (non-hydrogen) atoms. The molecule has 1 saturated heterocycles. The van der Waals surface area contributed by atoms with Gasteiger partial charge >= 0.3 is 0 Å². The minimum Gasteiger partial charge on any atom is -1.00 e. The molecule has 1 aromatic carbocycles. The molecule has 1 amide bonds. The molecule has 1 aromatic rings. The number of carbonyl (C=O) groups is 2. The summed E-state index contributed by atoms with van der Waals surface area (Å²) in [6, 6.07) is 7.22. The third-order valence-corrected chi connectivity index (χ3v) is 4.14. The van der Waals surface area contributed by atoms with Crippen LogP contribution >= 0.6 is 0 Å². The number of hydrogen-bond donors (Lipinski definition) is 2. The average molecular weight is 351 g/mol. The lowest BCUT2D eigenvalue weighted by atomic mass is 10.1. The van der Waals surface area contributed by atoms with E-state index in [1.165, 1.54) is 37.3 Å². The summed E-state index contributed by atoms with van der Waals surface area (Å²) in [5.74, 6) is -0.00579. The number of quaternary nitrogens is 1. The van der Waals surface area contributed by atoms with Crippen molar-refractivity contribution in [2.24, 2.45) is 0 Å². The Morgan fingerprint density at radius 2 is 1.88 bits per heavy atom. The van der Waals surface area contributed by atoms with Gasteiger partial charge in [-0.3, -0.25) is 9.59 Å². The molecule has 0 saturated carbocycles. The molecular formula is C19H27ClN2O2. The highest BCUT2D eigenvalue weighted by molar-refractivity contribution is 6.01. The highest BCUT2D eigenvalue weighted by Gasteiger charge is 2.16. The van der Waals surface area contributed by atoms with Crippen LogP contribution in [0.2, 0.25) is 0 Å². The maximum Gasteiger partial charge on any atom is 0.248 e. The molecular weight excluding hydrogens is 324 g/mol. The Morgan fingerprint density at radius 3 is 2.54 bits per heavy atom. The van der Waals surface area contributed by atoms with Crippen molar-refractivity contribution in [1.29, 1.82) is 0 Å². The van der Waals surface area contributed by atoms with E-state index >= 15 is 0 Å². The number of likely N-dealkylation sites (tertiary alicyclic amines) is 1. The number of benzene rings is 1. The monoisotopic (exact) mass is 350 g/mol. The number of piperidine rings is 1. The third-order valence-electron chi connectivity index (χ3n) is 4.14. The van der Waals surface area contributed by atoms with E-state index in [1.807, 2.05) is 32.0 Å². The predicted molar refractivity (Wildman–Crippen MR) is 92.9 cm³/mol. The highest BCUT2D eigenvalue weighted by atomic mass is 35.5. The summed E-state index contributed by atoms with van der Waals surface area (Å²) in [5, 5.41) is 2.80. The van der Waals surface area contributed by atoms with Gasteiger partial charge in [-0.25, -0.2) is 0 Å². The summed E-state index contributed by atoms with van der Waals surface area (Å²) >= 11 is 0. The molecule has 1 aliphatic rings. The third kappa shape index (κ3) is 6.85. The molecule has 132 valence electrons. The summed E-state index contributed by atoms with van der Waals surface area (Å²) in [7, 11) is 0. The zero-order valence-electron chi connectivity index (χ0n) is 14.5. The smallest absolute Gasteiger partial charge is 0.248 e. The molecule has 0 aliphatic carbocycles. The first-order chi connectivity index (χ1) is 11.0. The number of rotatable bonds is 6. The van der Waals surface area contributed by atoms with E-state index in [9.17, 15) is 9.59 Å². The number of ketones is 1. The van der Waals surface area contributed by atoms with Crippen LogP contribution in [0.3, 0.4) is 0 Å². The van der Waals surface area contributed by atoms with Crippen LogP contribution in [0.25, 0.3) is 0 Å². The number of anilines is 1. The van der Waals surface area contributed by atoms with E-state index in [0.717, 1.165) is 12.1 Å². The summed E-state index contributed by atoms with van der Waals surface area (Å²) in [5.41, 5.74) is 2.29. The lowest BCUT2D eigenvalue weighted by Crippen LogP contribution is -3.12. The van der Waals surface area contributed by atoms with Gasteiger partial charge in [0.25, 0.3) is 0 Å². The molecule has 2 rings (SSSR count). The van der Waals surface area contributed by atoms with E-state index in [4.69, 9.17) is 0 Å². The first-order valence-corrected chi connectivity index (χ1v) is 8.47. The molecule has 0 aromatic heterocycles. The lowest BCUT2D eigenvalue weighted by molar-refractivity contribution is -0.904. The molecule has 0 radical (unpaired) electrons. The second-order valence-electron chi connectivity index (χ2n) is 6.53. The van der Waals surface area contributed by atoms with E-state index in [2.05, 4.69) is 5.32 Å². The zero-order chi connectivity index (χ0) is 16.7. The predicted octanol–water partition coefficient (Wildman–Crippen LogP) is -0.763. The fourth-order valence-electron chi connectivity index (χ4n) is 2.95. The maximum atomic E-state index is 12.4. The van der Waals surface area contributed by atoms with Crippen LogP contribution in [-0.4, -0.2) is 31.3 Å². The number of hydrogen-bond acceptors (Lipinski definition) is 2. The van der Waals surface area contributed by atoms with Crippen molar-refractivity contribution in [3.63, 3.8) is 0 Å². The fraction of sp³-hybridized carbons (Fsp3) is 0.474. The Morgan fingerprint density at radius 1 is 1.17 bits per heavy atom. The van der Waals surface area contributed by atoms with Crippen LogP contribution in [0.4, 0.5) is 5.69 Å². The summed E-state index contributed by atoms with van der Waals surface area (Å²) in [6.07, 6.45) is 5.99. The quantitative estimate of drug-likeness (QED) is 0.523. The zero-order valence-corrected chi connectivity index (χ0v) is 15.3. The van der Waals surface area contributed by atoms with Crippen molar-refractivity contribution in [2.45, 2.75) is 39.5 Å². The number of nitrogens with one attached hydrogen (secondary N) is 2. The molecule has 0 unspecified atom stereocenters. The molecule has 0 bridgehead atoms. The molecule has 0 spiro atoms. The van der Waals surface area contributed by atoms with Crippen LogP contribution in [-0.2, 0) is 4.79 Å². The topological polar surface area (TPSA) is 50.6 Å². The molecule has 1 heterocycles. The van der Waals surface area contributed by atoms with E-state index in [1.54, 1.807) is 12.1 Å². The van der Waals surface area contributed by atoms with Gasteiger partial charge in [0.2, 0.25) is 5.91 Å². The van der Waals surface area contributed by atoms with Crippen LogP contribution in [0, 0.1) is 0 Å². The first-order valence-electron chi connectivity index (χ1n) is 8.47. The van der Waals surface area contributed by atoms with Crippen molar-refractivity contribution in [3.05, 3.63) is 41.5 Å². The molecule has 5 heteroatoms. The standard InChI is InChI=1S/C19H26N2O2.ClH/c1-15(2)13-19(23)20-17-8-6-7-16(14-17)18(22)9-12-21-10-4-3-5-11-21;/h6-8,13-14H,3-5,9-12H2,1-2H3,(H,20,23);1H. The normalized spacial score (nSPS) is 14.4. The lowest BCUT2D eigenvalue weighted by Gasteiger charge is -2.23. The van der Waals surface area contributed by atoms with Crippen molar-refractivity contribution >= 4 is 17.4 Å². The second kappa shape index (κ2) is 10.3. The minimum atomic E-state index is -0.160. The maximum absolute atomic E-state index is 12.4. The number of allylic oxidation sites excluding steroid dienone is 1. The Kier molecular flexibility index (Phi) is 8.72. The summed E-state index contributed by atoms with van der Waals surface area (Å²) < 4.78 is 0. The van der Waals surface area contributed by atoms with Crippen molar-refractivity contribution in [3.8, 4) is 0 Å². The number of amides is 1. The Labute approximate surface area is 150 Å². The molecule has 0 atom stereocenters. The summed E-state index contributed by atoms with van der Waals surface area (Å²) in [4.78, 5) is 25.7. The van der Waals surface area contributed by atoms with Crippen LogP contribution < -0.4 is 22.6 Å². The molecule has 2 N–H and O–H groups in total. The number of carbonyl (C=O) groups excluding carboxylic acids is 2. The van der Waals surface area contributed by atoms with Crippen LogP contribution in [0.1, 0.15) is 49.9 Å². The van der Waals surface area contributed by atoms with Gasteiger partial charge in [0.1, 0.15) is 0 Å². The second-order valence-corrected chi connectivity index (χ2v) is 6.53. The SMILES string of the molecule is CC(C)=CC(=O)Nc1cccc(C(=O)CC[NH+]2CCCCC2)c1.[Cl-]. The van der Waals surface area contributed by atoms with Crippen LogP contribution in [0.15, 0.2) is 35.9 Å². The molecule has 4 nitrogen and oxygen atoms in total.